The largest absolute Gasteiger partial charge is 0.466 e. The molecule has 0 aromatic rings. The van der Waals surface area contributed by atoms with Crippen molar-refractivity contribution < 1.29 is 43.2 Å². The van der Waals surface area contributed by atoms with Crippen molar-refractivity contribution in [2.24, 2.45) is 16.7 Å². The number of aliphatic hydroxyl groups excluding tert-OH is 1. The molecular formula is C29H45O9. The van der Waals surface area contributed by atoms with Crippen LogP contribution in [0.25, 0.3) is 0 Å². The van der Waals surface area contributed by atoms with Gasteiger partial charge in [0.25, 0.3) is 0 Å². The van der Waals surface area contributed by atoms with Crippen molar-refractivity contribution in [3.8, 4) is 0 Å². The van der Waals surface area contributed by atoms with E-state index in [2.05, 4.69) is 13.8 Å². The Kier molecular flexibility index (Phi) is 7.16. The summed E-state index contributed by atoms with van der Waals surface area (Å²) in [6.45, 7) is 16.5. The summed E-state index contributed by atoms with van der Waals surface area (Å²) in [6, 6.07) is 0. The zero-order valence-corrected chi connectivity index (χ0v) is 24.3. The van der Waals surface area contributed by atoms with Gasteiger partial charge in [-0.25, -0.2) is 0 Å². The molecule has 215 valence electrons. The molecular weight excluding hydrogens is 492 g/mol. The molecule has 1 radical (unpaired) electrons. The number of esters is 2. The van der Waals surface area contributed by atoms with Gasteiger partial charge >= 0.3 is 11.9 Å². The van der Waals surface area contributed by atoms with Crippen LogP contribution in [0.2, 0.25) is 0 Å². The molecule has 0 amide bonds. The quantitative estimate of drug-likeness (QED) is 0.506. The van der Waals surface area contributed by atoms with Crippen molar-refractivity contribution in [2.75, 3.05) is 6.61 Å². The molecule has 9 heteroatoms. The van der Waals surface area contributed by atoms with E-state index >= 15 is 0 Å². The van der Waals surface area contributed by atoms with Gasteiger partial charge in [-0.3, -0.25) is 14.4 Å². The minimum absolute atomic E-state index is 0.000158. The molecule has 1 spiro atoms. The highest BCUT2D eigenvalue weighted by molar-refractivity contribution is 5.93. The lowest BCUT2D eigenvalue weighted by Crippen LogP contribution is -2.90. The van der Waals surface area contributed by atoms with Crippen LogP contribution in [0.15, 0.2) is 0 Å². The maximum Gasteiger partial charge on any atom is 0.305 e. The van der Waals surface area contributed by atoms with Crippen LogP contribution in [0.5, 0.6) is 0 Å². The second-order valence-electron chi connectivity index (χ2n) is 13.3. The van der Waals surface area contributed by atoms with Gasteiger partial charge in [0.2, 0.25) is 0 Å². The van der Waals surface area contributed by atoms with Gasteiger partial charge in [-0.15, -0.1) is 0 Å². The molecule has 38 heavy (non-hydrogen) atoms. The van der Waals surface area contributed by atoms with E-state index in [1.807, 2.05) is 6.92 Å². The zero-order chi connectivity index (χ0) is 28.5. The van der Waals surface area contributed by atoms with Gasteiger partial charge in [-0.2, -0.15) is 0 Å². The van der Waals surface area contributed by atoms with E-state index in [0.717, 1.165) is 6.42 Å². The highest BCUT2D eigenvalue weighted by Crippen LogP contribution is 2.71. The second kappa shape index (κ2) is 9.25. The number of Topliss-reactive ketones (excluding diaryl/α,β-unsaturated/α-hetero) is 1. The van der Waals surface area contributed by atoms with E-state index in [1.54, 1.807) is 41.0 Å². The summed E-state index contributed by atoms with van der Waals surface area (Å²) in [4.78, 5) is 39.1. The van der Waals surface area contributed by atoms with Gasteiger partial charge < -0.3 is 28.8 Å². The van der Waals surface area contributed by atoms with E-state index in [0.29, 0.717) is 19.4 Å². The zero-order valence-electron chi connectivity index (χ0n) is 24.3. The van der Waals surface area contributed by atoms with Crippen LogP contribution >= 0.6 is 0 Å². The van der Waals surface area contributed by atoms with Crippen LogP contribution in [0.3, 0.4) is 0 Å². The van der Waals surface area contributed by atoms with Crippen molar-refractivity contribution in [3.63, 3.8) is 0 Å². The van der Waals surface area contributed by atoms with Crippen LogP contribution < -0.4 is 0 Å². The molecule has 2 saturated heterocycles. The number of ketones is 1. The average Bonchev–Trinajstić information content (AvgIpc) is 2.75. The number of carbonyl (C=O) groups excluding carboxylic acids is 3. The molecule has 0 bridgehead atoms. The van der Waals surface area contributed by atoms with Crippen molar-refractivity contribution >= 4 is 17.7 Å². The Balaban J connectivity index is 1.86. The van der Waals surface area contributed by atoms with Crippen LogP contribution in [-0.4, -0.2) is 70.3 Å². The topological polar surface area (TPSA) is 118 Å². The Morgan fingerprint density at radius 1 is 1.11 bits per heavy atom. The van der Waals surface area contributed by atoms with Crippen LogP contribution in [0, 0.1) is 23.2 Å². The molecule has 4 fully saturated rings. The fraction of sp³-hybridized carbons (Fsp3) is 0.862. The fourth-order valence-electron chi connectivity index (χ4n) is 8.53. The Morgan fingerprint density at radius 2 is 1.76 bits per heavy atom. The number of hydrogen-bond acceptors (Lipinski definition) is 9. The molecule has 2 aliphatic carbocycles. The third-order valence-corrected chi connectivity index (χ3v) is 9.56. The van der Waals surface area contributed by atoms with Crippen LogP contribution in [0.4, 0.5) is 0 Å². The van der Waals surface area contributed by atoms with Crippen molar-refractivity contribution in [3.05, 3.63) is 6.42 Å². The molecule has 8 atom stereocenters. The summed E-state index contributed by atoms with van der Waals surface area (Å²) in [5.74, 6) is -2.70. The number of rotatable bonds is 6. The van der Waals surface area contributed by atoms with Gasteiger partial charge in [0.05, 0.1) is 24.4 Å². The predicted molar refractivity (Wildman–Crippen MR) is 137 cm³/mol. The van der Waals surface area contributed by atoms with Gasteiger partial charge in [-0.1, -0.05) is 20.8 Å². The molecule has 2 saturated carbocycles. The first-order valence-corrected chi connectivity index (χ1v) is 13.9. The summed E-state index contributed by atoms with van der Waals surface area (Å²) in [7, 11) is 0. The Hall–Kier alpha value is -1.55. The molecule has 4 rings (SSSR count). The van der Waals surface area contributed by atoms with E-state index in [1.165, 1.54) is 6.92 Å². The lowest BCUT2D eigenvalue weighted by atomic mass is 9.39. The first kappa shape index (κ1) is 29.4. The Morgan fingerprint density at radius 3 is 2.37 bits per heavy atom. The average molecular weight is 538 g/mol. The molecule has 1 N–H and O–H groups in total. The summed E-state index contributed by atoms with van der Waals surface area (Å²) in [6.07, 6.45) is 1.03. The predicted octanol–water partition coefficient (Wildman–Crippen LogP) is 3.68. The summed E-state index contributed by atoms with van der Waals surface area (Å²) < 4.78 is 31.0. The van der Waals surface area contributed by atoms with E-state index in [4.69, 9.17) is 23.7 Å². The fourth-order valence-corrected chi connectivity index (χ4v) is 8.53. The highest BCUT2D eigenvalue weighted by atomic mass is 16.7. The van der Waals surface area contributed by atoms with E-state index in [-0.39, 0.29) is 30.7 Å². The van der Waals surface area contributed by atoms with Gasteiger partial charge in [0.1, 0.15) is 5.60 Å². The minimum Gasteiger partial charge on any atom is -0.466 e. The Bertz CT molecular complexity index is 991. The molecule has 9 nitrogen and oxygen atoms in total. The van der Waals surface area contributed by atoms with Crippen molar-refractivity contribution in [1.29, 1.82) is 0 Å². The first-order valence-electron chi connectivity index (χ1n) is 13.9. The van der Waals surface area contributed by atoms with Gasteiger partial charge in [-0.05, 0) is 65.7 Å². The summed E-state index contributed by atoms with van der Waals surface area (Å²) in [5, 5.41) is 12.0. The summed E-state index contributed by atoms with van der Waals surface area (Å²) >= 11 is 0. The molecule has 2 aliphatic heterocycles. The van der Waals surface area contributed by atoms with Crippen molar-refractivity contribution in [2.45, 2.75) is 135 Å². The third-order valence-electron chi connectivity index (χ3n) is 9.56. The first-order chi connectivity index (χ1) is 17.4. The molecule has 0 aromatic carbocycles. The molecule has 2 heterocycles. The van der Waals surface area contributed by atoms with E-state index in [9.17, 15) is 19.5 Å². The third kappa shape index (κ3) is 4.14. The maximum absolute atomic E-state index is 14.7. The minimum atomic E-state index is -1.57. The molecule has 4 aliphatic rings. The van der Waals surface area contributed by atoms with Gasteiger partial charge in [0, 0.05) is 31.1 Å². The number of ether oxygens (including phenoxy) is 5. The normalized spacial score (nSPS) is 44.9. The van der Waals surface area contributed by atoms with E-state index < -0.39 is 57.5 Å². The number of carbonyl (C=O) groups is 3. The maximum atomic E-state index is 14.7. The number of hydrogen-bond donors (Lipinski definition) is 1. The molecule has 8 unspecified atom stereocenters. The highest BCUT2D eigenvalue weighted by Gasteiger charge is 2.85. The standard InChI is InChI=1S/C29H45O9/c1-10-34-20(32)12-11-14-26(7)16-18(31)29-27(8)19(36-25(5,6)37-29)13-15-24(3,4)22(27)21(33)23(35-17(2)30)28(29,9)38-26/h14,19,21-23,33H,10-13,15-16H2,1-9H3. The molecule has 0 aromatic heterocycles. The lowest BCUT2D eigenvalue weighted by molar-refractivity contribution is -0.463. The summed E-state index contributed by atoms with van der Waals surface area (Å²) in [5.41, 5.74) is -5.60. The van der Waals surface area contributed by atoms with Gasteiger partial charge in [0.15, 0.2) is 23.3 Å². The van der Waals surface area contributed by atoms with Crippen molar-refractivity contribution in [1.82, 2.24) is 0 Å². The smallest absolute Gasteiger partial charge is 0.305 e. The second-order valence-corrected chi connectivity index (χ2v) is 13.3. The SMILES string of the molecule is CCOC(=O)CC[CH]C1(C)CC(=O)C23OC(C)(C)OC4CCC(C)(C)C(C(O)C(OC(C)=O)C2(C)O1)C43C. The van der Waals surface area contributed by atoms with Crippen LogP contribution in [-0.2, 0) is 38.1 Å². The number of aliphatic hydroxyl groups is 1. The lowest BCUT2D eigenvalue weighted by Gasteiger charge is -2.75. The van der Waals surface area contributed by atoms with Crippen LogP contribution in [0.1, 0.15) is 94.4 Å². The monoisotopic (exact) mass is 537 g/mol. The Labute approximate surface area is 226 Å².